The Morgan fingerprint density at radius 3 is 2.53 bits per heavy atom. The minimum atomic E-state index is -3.40. The van der Waals surface area contributed by atoms with Crippen molar-refractivity contribution in [2.45, 2.75) is 11.8 Å². The fourth-order valence-corrected chi connectivity index (χ4v) is 2.28. The molecule has 0 heterocycles. The molecule has 1 aromatic carbocycles. The maximum absolute atomic E-state index is 11.4. The SMILES string of the molecule is CCS(=O)(=O)c1ccc(Br)c([N+](=O)[O-])c1. The van der Waals surface area contributed by atoms with Gasteiger partial charge in [0.15, 0.2) is 9.84 Å². The summed E-state index contributed by atoms with van der Waals surface area (Å²) in [4.78, 5) is 9.92. The number of nitro benzene ring substituents is 1. The van der Waals surface area contributed by atoms with Gasteiger partial charge in [0.05, 0.1) is 20.0 Å². The molecule has 0 amide bonds. The highest BCUT2D eigenvalue weighted by Gasteiger charge is 2.18. The summed E-state index contributed by atoms with van der Waals surface area (Å²) in [6.45, 7) is 1.49. The molecule has 0 aliphatic rings. The summed E-state index contributed by atoms with van der Waals surface area (Å²) < 4.78 is 23.2. The quantitative estimate of drug-likeness (QED) is 0.632. The predicted octanol–water partition coefficient (Wildman–Crippen LogP) is 2.15. The molecule has 0 atom stereocenters. The number of halogens is 1. The van der Waals surface area contributed by atoms with E-state index >= 15 is 0 Å². The first kappa shape index (κ1) is 12.1. The third-order valence-corrected chi connectivity index (χ3v) is 4.26. The van der Waals surface area contributed by atoms with Crippen LogP contribution in [0.2, 0.25) is 0 Å². The van der Waals surface area contributed by atoms with Gasteiger partial charge in [0.2, 0.25) is 0 Å². The van der Waals surface area contributed by atoms with E-state index in [2.05, 4.69) is 15.9 Å². The molecule has 1 aromatic rings. The summed E-state index contributed by atoms with van der Waals surface area (Å²) in [7, 11) is -3.40. The van der Waals surface area contributed by atoms with Crippen LogP contribution in [0.25, 0.3) is 0 Å². The molecule has 5 nitrogen and oxygen atoms in total. The molecular formula is C8H8BrNO4S. The molecule has 0 aliphatic heterocycles. The van der Waals surface area contributed by atoms with Crippen molar-refractivity contribution in [1.29, 1.82) is 0 Å². The van der Waals surface area contributed by atoms with Gasteiger partial charge in [0, 0.05) is 6.07 Å². The van der Waals surface area contributed by atoms with Crippen molar-refractivity contribution in [3.05, 3.63) is 32.8 Å². The molecular weight excluding hydrogens is 286 g/mol. The van der Waals surface area contributed by atoms with E-state index < -0.39 is 14.8 Å². The van der Waals surface area contributed by atoms with Crippen LogP contribution in [0.15, 0.2) is 27.6 Å². The summed E-state index contributed by atoms with van der Waals surface area (Å²) in [5.41, 5.74) is -0.246. The normalized spacial score (nSPS) is 11.3. The lowest BCUT2D eigenvalue weighted by Crippen LogP contribution is -2.04. The predicted molar refractivity (Wildman–Crippen MR) is 58.5 cm³/mol. The van der Waals surface area contributed by atoms with Gasteiger partial charge in [0.1, 0.15) is 0 Å². The summed E-state index contributed by atoms with van der Waals surface area (Å²) >= 11 is 2.98. The standard InChI is InChI=1S/C8H8BrNO4S/c1-2-15(13,14)6-3-4-7(9)8(5-6)10(11)12/h3-5H,2H2,1H3. The molecule has 0 saturated carbocycles. The monoisotopic (exact) mass is 293 g/mol. The zero-order chi connectivity index (χ0) is 11.6. The second kappa shape index (κ2) is 4.28. The Kier molecular flexibility index (Phi) is 3.46. The third kappa shape index (κ3) is 2.54. The van der Waals surface area contributed by atoms with E-state index in [1.165, 1.54) is 19.1 Å². The van der Waals surface area contributed by atoms with Gasteiger partial charge in [-0.2, -0.15) is 0 Å². The smallest absolute Gasteiger partial charge is 0.258 e. The maximum atomic E-state index is 11.4. The number of rotatable bonds is 3. The number of benzene rings is 1. The Bertz CT molecular complexity index is 497. The van der Waals surface area contributed by atoms with Crippen molar-refractivity contribution >= 4 is 31.5 Å². The van der Waals surface area contributed by atoms with Crippen LogP contribution in [-0.2, 0) is 9.84 Å². The second-order valence-electron chi connectivity index (χ2n) is 2.77. The van der Waals surface area contributed by atoms with Crippen LogP contribution in [0.3, 0.4) is 0 Å². The Balaban J connectivity index is 3.38. The van der Waals surface area contributed by atoms with Gasteiger partial charge in [-0.15, -0.1) is 0 Å². The zero-order valence-corrected chi connectivity index (χ0v) is 10.2. The number of hydrogen-bond acceptors (Lipinski definition) is 4. The molecule has 0 aromatic heterocycles. The van der Waals surface area contributed by atoms with Gasteiger partial charge in [-0.25, -0.2) is 8.42 Å². The van der Waals surface area contributed by atoms with E-state index in [1.807, 2.05) is 0 Å². The van der Waals surface area contributed by atoms with Crippen molar-refractivity contribution in [2.75, 3.05) is 5.75 Å². The first-order chi connectivity index (χ1) is 6.88. The highest BCUT2D eigenvalue weighted by Crippen LogP contribution is 2.27. The number of sulfone groups is 1. The maximum Gasteiger partial charge on any atom is 0.284 e. The van der Waals surface area contributed by atoms with Gasteiger partial charge < -0.3 is 0 Å². The average Bonchev–Trinajstić information content (AvgIpc) is 2.17. The molecule has 0 unspecified atom stereocenters. The van der Waals surface area contributed by atoms with Crippen LogP contribution in [-0.4, -0.2) is 19.1 Å². The van der Waals surface area contributed by atoms with Crippen molar-refractivity contribution in [1.82, 2.24) is 0 Å². The molecule has 82 valence electrons. The lowest BCUT2D eigenvalue weighted by atomic mass is 10.3. The third-order valence-electron chi connectivity index (χ3n) is 1.85. The Labute approximate surface area is 95.3 Å². The minimum absolute atomic E-state index is 0.0279. The topological polar surface area (TPSA) is 77.3 Å². The highest BCUT2D eigenvalue weighted by molar-refractivity contribution is 9.10. The minimum Gasteiger partial charge on any atom is -0.258 e. The summed E-state index contributed by atoms with van der Waals surface area (Å²) in [5.74, 6) is -0.0776. The molecule has 0 spiro atoms. The number of hydrogen-bond donors (Lipinski definition) is 0. The van der Waals surface area contributed by atoms with Crippen molar-refractivity contribution in [3.8, 4) is 0 Å². The lowest BCUT2D eigenvalue weighted by Gasteiger charge is -2.01. The summed E-state index contributed by atoms with van der Waals surface area (Å²) in [5, 5.41) is 10.6. The molecule has 0 bridgehead atoms. The first-order valence-corrected chi connectivity index (χ1v) is 6.49. The Morgan fingerprint density at radius 2 is 2.07 bits per heavy atom. The van der Waals surface area contributed by atoms with Gasteiger partial charge in [-0.05, 0) is 28.1 Å². The van der Waals surface area contributed by atoms with Crippen molar-refractivity contribution < 1.29 is 13.3 Å². The van der Waals surface area contributed by atoms with E-state index in [1.54, 1.807) is 0 Å². The van der Waals surface area contributed by atoms with Crippen LogP contribution in [0, 0.1) is 10.1 Å². The van der Waals surface area contributed by atoms with Gasteiger partial charge in [-0.3, -0.25) is 10.1 Å². The molecule has 0 aliphatic carbocycles. The van der Waals surface area contributed by atoms with Gasteiger partial charge in [-0.1, -0.05) is 6.92 Å². The number of nitro groups is 1. The molecule has 15 heavy (non-hydrogen) atoms. The van der Waals surface area contributed by atoms with Gasteiger partial charge >= 0.3 is 0 Å². The highest BCUT2D eigenvalue weighted by atomic mass is 79.9. The van der Waals surface area contributed by atoms with Crippen molar-refractivity contribution in [2.24, 2.45) is 0 Å². The van der Waals surface area contributed by atoms with Crippen LogP contribution < -0.4 is 0 Å². The Morgan fingerprint density at radius 1 is 1.47 bits per heavy atom. The van der Waals surface area contributed by atoms with E-state index in [0.717, 1.165) is 6.07 Å². The molecule has 0 fully saturated rings. The fraction of sp³-hybridized carbons (Fsp3) is 0.250. The van der Waals surface area contributed by atoms with E-state index in [-0.39, 0.29) is 20.8 Å². The fourth-order valence-electron chi connectivity index (χ4n) is 0.993. The van der Waals surface area contributed by atoms with Crippen LogP contribution in [0.4, 0.5) is 5.69 Å². The lowest BCUT2D eigenvalue weighted by molar-refractivity contribution is -0.385. The molecule has 0 radical (unpaired) electrons. The largest absolute Gasteiger partial charge is 0.284 e. The van der Waals surface area contributed by atoms with Crippen LogP contribution in [0.1, 0.15) is 6.92 Å². The second-order valence-corrected chi connectivity index (χ2v) is 5.91. The molecule has 0 saturated heterocycles. The first-order valence-electron chi connectivity index (χ1n) is 4.05. The van der Waals surface area contributed by atoms with E-state index in [9.17, 15) is 18.5 Å². The van der Waals surface area contributed by atoms with Gasteiger partial charge in [0.25, 0.3) is 5.69 Å². The Hall–Kier alpha value is -0.950. The van der Waals surface area contributed by atoms with E-state index in [4.69, 9.17) is 0 Å². The number of nitrogens with zero attached hydrogens (tertiary/aromatic N) is 1. The molecule has 0 N–H and O–H groups in total. The summed E-state index contributed by atoms with van der Waals surface area (Å²) in [6.07, 6.45) is 0. The average molecular weight is 294 g/mol. The summed E-state index contributed by atoms with van der Waals surface area (Å²) in [6, 6.07) is 3.76. The van der Waals surface area contributed by atoms with E-state index in [0.29, 0.717) is 0 Å². The van der Waals surface area contributed by atoms with Crippen molar-refractivity contribution in [3.63, 3.8) is 0 Å². The molecule has 7 heteroatoms. The molecule has 1 rings (SSSR count). The zero-order valence-electron chi connectivity index (χ0n) is 7.81. The van der Waals surface area contributed by atoms with Crippen LogP contribution >= 0.6 is 15.9 Å². The van der Waals surface area contributed by atoms with Crippen LogP contribution in [0.5, 0.6) is 0 Å².